The predicted octanol–water partition coefficient (Wildman–Crippen LogP) is 0.879. The molecule has 0 saturated carbocycles. The van der Waals surface area contributed by atoms with Crippen LogP contribution >= 0.6 is 0 Å². The van der Waals surface area contributed by atoms with Crippen LogP contribution in [0, 0.1) is 5.92 Å². The van der Waals surface area contributed by atoms with Crippen LogP contribution in [-0.2, 0) is 9.59 Å². The molecule has 5 nitrogen and oxygen atoms in total. The second-order valence-electron chi connectivity index (χ2n) is 5.63. The van der Waals surface area contributed by atoms with Gasteiger partial charge in [-0.15, -0.1) is 0 Å². The zero-order chi connectivity index (χ0) is 14.3. The highest BCUT2D eigenvalue weighted by molar-refractivity contribution is 5.78. The van der Waals surface area contributed by atoms with Gasteiger partial charge in [0.15, 0.2) is 0 Å². The predicted molar refractivity (Wildman–Crippen MR) is 75.5 cm³/mol. The third-order valence-electron chi connectivity index (χ3n) is 3.60. The van der Waals surface area contributed by atoms with Gasteiger partial charge in [-0.3, -0.25) is 9.59 Å². The molecule has 110 valence electrons. The minimum absolute atomic E-state index is 0.0272. The Labute approximate surface area is 115 Å². The van der Waals surface area contributed by atoms with Gasteiger partial charge in [-0.2, -0.15) is 0 Å². The maximum atomic E-state index is 11.8. The second kappa shape index (κ2) is 8.15. The standard InChI is InChI=1S/C14H27N3O2/c1-11(7-8-15)5-6-13(18)16-12(2)10-17-9-3-4-14(17)19/h11-12H,3-10,15H2,1-2H3,(H,16,18). The Morgan fingerprint density at radius 3 is 2.74 bits per heavy atom. The lowest BCUT2D eigenvalue weighted by molar-refractivity contribution is -0.129. The molecule has 0 aromatic rings. The summed E-state index contributed by atoms with van der Waals surface area (Å²) in [5.74, 6) is 0.770. The van der Waals surface area contributed by atoms with Crippen LogP contribution in [0.4, 0.5) is 0 Å². The summed E-state index contributed by atoms with van der Waals surface area (Å²) in [6, 6.07) is 0.0272. The van der Waals surface area contributed by atoms with Crippen molar-refractivity contribution < 1.29 is 9.59 Å². The molecule has 2 atom stereocenters. The van der Waals surface area contributed by atoms with Crippen molar-refractivity contribution in [1.29, 1.82) is 0 Å². The molecule has 3 N–H and O–H groups in total. The molecule has 0 bridgehead atoms. The van der Waals surface area contributed by atoms with E-state index in [1.165, 1.54) is 0 Å². The number of rotatable bonds is 8. The van der Waals surface area contributed by atoms with Crippen LogP contribution in [0.1, 0.15) is 46.0 Å². The van der Waals surface area contributed by atoms with Gasteiger partial charge in [0.1, 0.15) is 0 Å². The smallest absolute Gasteiger partial charge is 0.222 e. The van der Waals surface area contributed by atoms with Crippen LogP contribution < -0.4 is 11.1 Å². The maximum absolute atomic E-state index is 11.8. The average molecular weight is 269 g/mol. The molecule has 1 saturated heterocycles. The van der Waals surface area contributed by atoms with Gasteiger partial charge in [-0.25, -0.2) is 0 Å². The van der Waals surface area contributed by atoms with Gasteiger partial charge in [0, 0.05) is 32.0 Å². The zero-order valence-electron chi connectivity index (χ0n) is 12.2. The largest absolute Gasteiger partial charge is 0.352 e. The Morgan fingerprint density at radius 2 is 2.16 bits per heavy atom. The van der Waals surface area contributed by atoms with Crippen molar-refractivity contribution in [3.63, 3.8) is 0 Å². The molecular weight excluding hydrogens is 242 g/mol. The molecule has 2 amide bonds. The van der Waals surface area contributed by atoms with Crippen molar-refractivity contribution in [2.45, 2.75) is 52.0 Å². The van der Waals surface area contributed by atoms with Gasteiger partial charge in [-0.1, -0.05) is 6.92 Å². The number of likely N-dealkylation sites (tertiary alicyclic amines) is 1. The molecule has 0 aromatic carbocycles. The van der Waals surface area contributed by atoms with Crippen molar-refractivity contribution in [1.82, 2.24) is 10.2 Å². The summed E-state index contributed by atoms with van der Waals surface area (Å²) in [6.45, 7) is 6.20. The van der Waals surface area contributed by atoms with Crippen LogP contribution in [0.15, 0.2) is 0 Å². The molecule has 1 aliphatic heterocycles. The molecule has 0 aliphatic carbocycles. The Morgan fingerprint density at radius 1 is 1.42 bits per heavy atom. The van der Waals surface area contributed by atoms with E-state index in [9.17, 15) is 9.59 Å². The van der Waals surface area contributed by atoms with Crippen LogP contribution in [-0.4, -0.2) is 42.4 Å². The molecule has 1 rings (SSSR count). The van der Waals surface area contributed by atoms with E-state index < -0.39 is 0 Å². The maximum Gasteiger partial charge on any atom is 0.222 e. The number of nitrogens with zero attached hydrogens (tertiary/aromatic N) is 1. The molecular formula is C14H27N3O2. The summed E-state index contributed by atoms with van der Waals surface area (Å²) >= 11 is 0. The molecule has 19 heavy (non-hydrogen) atoms. The lowest BCUT2D eigenvalue weighted by Gasteiger charge is -2.22. The van der Waals surface area contributed by atoms with E-state index in [0.717, 1.165) is 25.8 Å². The van der Waals surface area contributed by atoms with Crippen molar-refractivity contribution in [3.8, 4) is 0 Å². The van der Waals surface area contributed by atoms with Crippen LogP contribution in [0.5, 0.6) is 0 Å². The number of amides is 2. The van der Waals surface area contributed by atoms with Crippen molar-refractivity contribution in [2.75, 3.05) is 19.6 Å². The first kappa shape index (κ1) is 16.0. The van der Waals surface area contributed by atoms with Crippen LogP contribution in [0.2, 0.25) is 0 Å². The van der Waals surface area contributed by atoms with Gasteiger partial charge in [-0.05, 0) is 38.6 Å². The summed E-state index contributed by atoms with van der Waals surface area (Å²) in [5, 5.41) is 2.96. The first-order chi connectivity index (χ1) is 9.02. The number of hydrogen-bond acceptors (Lipinski definition) is 3. The molecule has 2 unspecified atom stereocenters. The highest BCUT2D eigenvalue weighted by atomic mass is 16.2. The lowest BCUT2D eigenvalue weighted by atomic mass is 10.0. The molecule has 1 aliphatic rings. The highest BCUT2D eigenvalue weighted by Crippen LogP contribution is 2.11. The normalized spacial score (nSPS) is 18.5. The Hall–Kier alpha value is -1.10. The number of nitrogens with one attached hydrogen (secondary N) is 1. The highest BCUT2D eigenvalue weighted by Gasteiger charge is 2.22. The molecule has 0 aromatic heterocycles. The van der Waals surface area contributed by atoms with E-state index in [1.807, 2.05) is 11.8 Å². The molecule has 1 heterocycles. The van der Waals surface area contributed by atoms with Gasteiger partial charge in [0.2, 0.25) is 11.8 Å². The summed E-state index contributed by atoms with van der Waals surface area (Å²) in [4.78, 5) is 25.1. The molecule has 0 radical (unpaired) electrons. The fourth-order valence-electron chi connectivity index (χ4n) is 2.43. The minimum Gasteiger partial charge on any atom is -0.352 e. The minimum atomic E-state index is 0.0272. The van der Waals surface area contributed by atoms with Crippen molar-refractivity contribution in [3.05, 3.63) is 0 Å². The first-order valence-corrected chi connectivity index (χ1v) is 7.30. The van der Waals surface area contributed by atoms with Gasteiger partial charge in [0.25, 0.3) is 0 Å². The lowest BCUT2D eigenvalue weighted by Crippen LogP contribution is -2.42. The number of carbonyl (C=O) groups is 2. The summed E-state index contributed by atoms with van der Waals surface area (Å²) in [6.07, 6.45) is 3.97. The van der Waals surface area contributed by atoms with Gasteiger partial charge >= 0.3 is 0 Å². The Balaban J connectivity index is 2.18. The number of carbonyl (C=O) groups excluding carboxylic acids is 2. The third kappa shape index (κ3) is 6.05. The van der Waals surface area contributed by atoms with Crippen molar-refractivity contribution in [2.24, 2.45) is 11.7 Å². The van der Waals surface area contributed by atoms with E-state index in [1.54, 1.807) is 0 Å². The van der Waals surface area contributed by atoms with E-state index in [-0.39, 0.29) is 17.9 Å². The summed E-state index contributed by atoms with van der Waals surface area (Å²) < 4.78 is 0. The summed E-state index contributed by atoms with van der Waals surface area (Å²) in [5.41, 5.74) is 5.48. The molecule has 1 fully saturated rings. The SMILES string of the molecule is CC(CCN)CCC(=O)NC(C)CN1CCCC1=O. The third-order valence-corrected chi connectivity index (χ3v) is 3.60. The quantitative estimate of drug-likeness (QED) is 0.687. The number of nitrogens with two attached hydrogens (primary N) is 1. The zero-order valence-corrected chi connectivity index (χ0v) is 12.2. The van der Waals surface area contributed by atoms with Gasteiger partial charge in [0.05, 0.1) is 0 Å². The average Bonchev–Trinajstić information content (AvgIpc) is 2.73. The fraction of sp³-hybridized carbons (Fsp3) is 0.857. The van der Waals surface area contributed by atoms with Crippen LogP contribution in [0.25, 0.3) is 0 Å². The monoisotopic (exact) mass is 269 g/mol. The number of hydrogen-bond donors (Lipinski definition) is 2. The topological polar surface area (TPSA) is 75.4 Å². The second-order valence-corrected chi connectivity index (χ2v) is 5.63. The van der Waals surface area contributed by atoms with E-state index in [2.05, 4.69) is 12.2 Å². The Bertz CT molecular complexity index is 307. The van der Waals surface area contributed by atoms with E-state index in [4.69, 9.17) is 5.73 Å². The van der Waals surface area contributed by atoms with Crippen molar-refractivity contribution >= 4 is 11.8 Å². The molecule has 0 spiro atoms. The van der Waals surface area contributed by atoms with Crippen LogP contribution in [0.3, 0.4) is 0 Å². The first-order valence-electron chi connectivity index (χ1n) is 7.30. The van der Waals surface area contributed by atoms with E-state index in [0.29, 0.717) is 31.8 Å². The fourth-order valence-corrected chi connectivity index (χ4v) is 2.43. The summed E-state index contributed by atoms with van der Waals surface area (Å²) in [7, 11) is 0. The Kier molecular flexibility index (Phi) is 6.84. The molecule has 5 heteroatoms. The van der Waals surface area contributed by atoms with E-state index >= 15 is 0 Å². The van der Waals surface area contributed by atoms with Gasteiger partial charge < -0.3 is 16.0 Å².